The highest BCUT2D eigenvalue weighted by Crippen LogP contribution is 2.47. The molecule has 5 atom stereocenters. The molecule has 1 aromatic heterocycles. The topological polar surface area (TPSA) is 83.8 Å². The monoisotopic (exact) mass is 248 g/mol. The van der Waals surface area contributed by atoms with E-state index in [9.17, 15) is 4.79 Å². The van der Waals surface area contributed by atoms with Crippen LogP contribution in [0.3, 0.4) is 0 Å². The lowest BCUT2D eigenvalue weighted by atomic mass is 9.84. The third-order valence-corrected chi connectivity index (χ3v) is 4.57. The zero-order valence-corrected chi connectivity index (χ0v) is 10.6. The highest BCUT2D eigenvalue weighted by Gasteiger charge is 2.49. The molecule has 1 amide bonds. The lowest BCUT2D eigenvalue weighted by molar-refractivity contribution is -0.127. The Balaban J connectivity index is 1.65. The molecule has 98 valence electrons. The van der Waals surface area contributed by atoms with Crippen LogP contribution in [0.1, 0.15) is 38.1 Å². The second-order valence-corrected chi connectivity index (χ2v) is 5.64. The number of hydrogen-bond donors (Lipinski definition) is 3. The normalized spacial score (nSPS) is 35.7. The Morgan fingerprint density at radius 1 is 1.56 bits per heavy atom. The molecule has 2 saturated carbocycles. The average molecular weight is 248 g/mol. The number of amides is 1. The summed E-state index contributed by atoms with van der Waals surface area (Å²) in [7, 11) is 0. The first kappa shape index (κ1) is 11.7. The van der Waals surface area contributed by atoms with E-state index < -0.39 is 0 Å². The molecule has 3 rings (SSSR count). The summed E-state index contributed by atoms with van der Waals surface area (Å²) in [6.45, 7) is 1.94. The van der Waals surface area contributed by atoms with Crippen LogP contribution in [0.15, 0.2) is 12.4 Å². The van der Waals surface area contributed by atoms with E-state index in [1.807, 2.05) is 6.92 Å². The van der Waals surface area contributed by atoms with Gasteiger partial charge in [-0.1, -0.05) is 0 Å². The van der Waals surface area contributed by atoms with Crippen molar-refractivity contribution >= 4 is 5.91 Å². The molecule has 4 N–H and O–H groups in total. The van der Waals surface area contributed by atoms with Crippen molar-refractivity contribution in [1.82, 2.24) is 15.3 Å². The van der Waals surface area contributed by atoms with Gasteiger partial charge < -0.3 is 16.0 Å². The lowest BCUT2D eigenvalue weighted by Crippen LogP contribution is -2.45. The first-order valence-electron chi connectivity index (χ1n) is 6.72. The second kappa shape index (κ2) is 4.39. The molecule has 0 saturated heterocycles. The molecular formula is C13H20N4O. The Morgan fingerprint density at radius 2 is 2.33 bits per heavy atom. The van der Waals surface area contributed by atoms with Crippen LogP contribution < -0.4 is 11.1 Å². The van der Waals surface area contributed by atoms with Crippen molar-refractivity contribution in [2.24, 2.45) is 23.5 Å². The average Bonchev–Trinajstić information content (AvgIpc) is 3.05. The number of rotatable bonds is 3. The van der Waals surface area contributed by atoms with Gasteiger partial charge >= 0.3 is 0 Å². The van der Waals surface area contributed by atoms with Crippen molar-refractivity contribution in [3.8, 4) is 0 Å². The number of nitrogens with zero attached hydrogens (tertiary/aromatic N) is 1. The van der Waals surface area contributed by atoms with Gasteiger partial charge in [-0.05, 0) is 38.0 Å². The largest absolute Gasteiger partial charge is 0.347 e. The Morgan fingerprint density at radius 3 is 2.94 bits per heavy atom. The summed E-state index contributed by atoms with van der Waals surface area (Å²) in [6.07, 6.45) is 6.95. The molecule has 2 aliphatic carbocycles. The van der Waals surface area contributed by atoms with Crippen LogP contribution in [0.5, 0.6) is 0 Å². The van der Waals surface area contributed by atoms with Crippen LogP contribution in [0, 0.1) is 17.8 Å². The van der Waals surface area contributed by atoms with Gasteiger partial charge in [-0.25, -0.2) is 4.98 Å². The minimum atomic E-state index is -0.0844. The van der Waals surface area contributed by atoms with E-state index in [1.54, 1.807) is 12.4 Å². The highest BCUT2D eigenvalue weighted by molar-refractivity contribution is 5.80. The Labute approximate surface area is 107 Å². The minimum absolute atomic E-state index is 0.00108. The molecule has 5 nitrogen and oxygen atoms in total. The molecule has 2 bridgehead atoms. The first-order valence-corrected chi connectivity index (χ1v) is 6.72. The van der Waals surface area contributed by atoms with Crippen LogP contribution in [-0.2, 0) is 4.79 Å². The maximum absolute atomic E-state index is 12.3. The molecule has 0 radical (unpaired) electrons. The number of carbonyl (C=O) groups is 1. The molecule has 0 spiro atoms. The fourth-order valence-electron chi connectivity index (χ4n) is 3.62. The highest BCUT2D eigenvalue weighted by atomic mass is 16.2. The predicted molar refractivity (Wildman–Crippen MR) is 67.4 cm³/mol. The number of imidazole rings is 1. The van der Waals surface area contributed by atoms with Gasteiger partial charge in [0.2, 0.25) is 5.91 Å². The van der Waals surface area contributed by atoms with Crippen LogP contribution in [0.2, 0.25) is 0 Å². The molecule has 5 unspecified atom stereocenters. The van der Waals surface area contributed by atoms with Gasteiger partial charge in [0, 0.05) is 18.4 Å². The van der Waals surface area contributed by atoms with Crippen LogP contribution in [-0.4, -0.2) is 21.9 Å². The van der Waals surface area contributed by atoms with Gasteiger partial charge in [-0.2, -0.15) is 0 Å². The fourth-order valence-corrected chi connectivity index (χ4v) is 3.62. The third-order valence-electron chi connectivity index (χ3n) is 4.57. The SMILES string of the molecule is CC(NC(=O)C1C2CCC(C2)C1N)c1ncc[nH]1. The van der Waals surface area contributed by atoms with Gasteiger partial charge in [-0.3, -0.25) is 4.79 Å². The number of nitrogens with one attached hydrogen (secondary N) is 2. The second-order valence-electron chi connectivity index (χ2n) is 5.64. The summed E-state index contributed by atoms with van der Waals surface area (Å²) in [6, 6.07) is -0.0358. The zero-order chi connectivity index (χ0) is 12.7. The smallest absolute Gasteiger partial charge is 0.225 e. The number of carbonyl (C=O) groups excluding carboxylic acids is 1. The lowest BCUT2D eigenvalue weighted by Gasteiger charge is -2.28. The zero-order valence-electron chi connectivity index (χ0n) is 10.6. The van der Waals surface area contributed by atoms with Gasteiger partial charge in [0.1, 0.15) is 5.82 Å². The minimum Gasteiger partial charge on any atom is -0.347 e. The van der Waals surface area contributed by atoms with Crippen LogP contribution in [0.4, 0.5) is 0 Å². The van der Waals surface area contributed by atoms with Gasteiger partial charge in [0.05, 0.1) is 12.0 Å². The fraction of sp³-hybridized carbons (Fsp3) is 0.692. The summed E-state index contributed by atoms with van der Waals surface area (Å²) < 4.78 is 0. The van der Waals surface area contributed by atoms with Crippen molar-refractivity contribution in [1.29, 1.82) is 0 Å². The predicted octanol–water partition coefficient (Wildman–Crippen LogP) is 0.960. The summed E-state index contributed by atoms with van der Waals surface area (Å²) in [5.41, 5.74) is 6.18. The van der Waals surface area contributed by atoms with Crippen LogP contribution in [0.25, 0.3) is 0 Å². The molecule has 0 aliphatic heterocycles. The molecular weight excluding hydrogens is 228 g/mol. The number of aromatic nitrogens is 2. The molecule has 5 heteroatoms. The maximum atomic E-state index is 12.3. The first-order chi connectivity index (χ1) is 8.66. The molecule has 18 heavy (non-hydrogen) atoms. The van der Waals surface area contributed by atoms with Gasteiger partial charge in [-0.15, -0.1) is 0 Å². The van der Waals surface area contributed by atoms with Crippen molar-refractivity contribution < 1.29 is 4.79 Å². The van der Waals surface area contributed by atoms with Crippen molar-refractivity contribution in [3.63, 3.8) is 0 Å². The van der Waals surface area contributed by atoms with E-state index in [-0.39, 0.29) is 23.9 Å². The van der Waals surface area contributed by atoms with E-state index in [0.717, 1.165) is 18.7 Å². The van der Waals surface area contributed by atoms with E-state index in [4.69, 9.17) is 5.73 Å². The van der Waals surface area contributed by atoms with Crippen molar-refractivity contribution in [3.05, 3.63) is 18.2 Å². The number of fused-ring (bicyclic) bond motifs is 2. The Hall–Kier alpha value is -1.36. The van der Waals surface area contributed by atoms with Gasteiger partial charge in [0.25, 0.3) is 0 Å². The Bertz CT molecular complexity index is 428. The summed E-state index contributed by atoms with van der Waals surface area (Å²) in [5, 5.41) is 3.03. The van der Waals surface area contributed by atoms with E-state index in [1.165, 1.54) is 6.42 Å². The number of nitrogens with two attached hydrogens (primary N) is 1. The van der Waals surface area contributed by atoms with Crippen molar-refractivity contribution in [2.75, 3.05) is 0 Å². The Kier molecular flexibility index (Phi) is 2.86. The van der Waals surface area contributed by atoms with Crippen LogP contribution >= 0.6 is 0 Å². The number of aromatic amines is 1. The number of hydrogen-bond acceptors (Lipinski definition) is 3. The summed E-state index contributed by atoms with van der Waals surface area (Å²) >= 11 is 0. The third kappa shape index (κ3) is 1.82. The summed E-state index contributed by atoms with van der Waals surface area (Å²) in [5.74, 6) is 1.94. The molecule has 1 aromatic rings. The van der Waals surface area contributed by atoms with E-state index >= 15 is 0 Å². The summed E-state index contributed by atoms with van der Waals surface area (Å²) in [4.78, 5) is 19.5. The van der Waals surface area contributed by atoms with Crippen molar-refractivity contribution in [2.45, 2.75) is 38.3 Å². The quantitative estimate of drug-likeness (QED) is 0.745. The number of H-pyrrole nitrogens is 1. The van der Waals surface area contributed by atoms with Gasteiger partial charge in [0.15, 0.2) is 0 Å². The molecule has 2 aliphatic rings. The molecule has 2 fully saturated rings. The maximum Gasteiger partial charge on any atom is 0.225 e. The van der Waals surface area contributed by atoms with E-state index in [0.29, 0.717) is 11.8 Å². The van der Waals surface area contributed by atoms with E-state index in [2.05, 4.69) is 15.3 Å². The standard InChI is InChI=1S/C13H20N4O/c1-7(12-15-4-5-16-12)17-13(18)10-8-2-3-9(6-8)11(10)14/h4-5,7-11H,2-3,6,14H2,1H3,(H,15,16)(H,17,18). The molecule has 0 aromatic carbocycles. The molecule has 1 heterocycles.